The minimum atomic E-state index is -0.311. The van der Waals surface area contributed by atoms with Gasteiger partial charge in [-0.3, -0.25) is 9.80 Å². The summed E-state index contributed by atoms with van der Waals surface area (Å²) in [6.07, 6.45) is 6.46. The van der Waals surface area contributed by atoms with Gasteiger partial charge in [-0.15, -0.1) is 0 Å². The van der Waals surface area contributed by atoms with Gasteiger partial charge >= 0.3 is 6.03 Å². The lowest BCUT2D eigenvalue weighted by Crippen LogP contribution is -2.53. The number of likely N-dealkylation sites (tertiary alicyclic amines) is 1. The van der Waals surface area contributed by atoms with Crippen LogP contribution in [-0.4, -0.2) is 64.7 Å². The lowest BCUT2D eigenvalue weighted by atomic mass is 9.77. The highest BCUT2D eigenvalue weighted by Crippen LogP contribution is 2.50. The topological polar surface area (TPSA) is 50.2 Å². The van der Waals surface area contributed by atoms with E-state index in [-0.39, 0.29) is 17.0 Å². The van der Waals surface area contributed by atoms with E-state index in [1.807, 2.05) is 11.0 Å². The summed E-state index contributed by atoms with van der Waals surface area (Å²) in [5, 5.41) is 1.33. The Morgan fingerprint density at radius 2 is 1.77 bits per heavy atom. The molecule has 7 nitrogen and oxygen atoms in total. The van der Waals surface area contributed by atoms with E-state index < -0.39 is 0 Å². The molecule has 0 unspecified atom stereocenters. The summed E-state index contributed by atoms with van der Waals surface area (Å²) in [4.78, 5) is 20.7. The number of rotatable bonds is 5. The summed E-state index contributed by atoms with van der Waals surface area (Å²) in [6, 6.07) is 12.8. The van der Waals surface area contributed by atoms with Gasteiger partial charge in [-0.05, 0) is 43.0 Å². The number of likely N-dealkylation sites (N-methyl/N-ethyl adjacent to an activating group) is 1. The number of aromatic nitrogens is 1. The molecule has 4 heterocycles. The number of hydrogen-bond donors (Lipinski definition) is 0. The molecule has 0 radical (unpaired) electrons. The van der Waals surface area contributed by atoms with Crippen LogP contribution in [0.25, 0.3) is 10.9 Å². The molecule has 3 aliphatic rings. The molecule has 2 aromatic carbocycles. The van der Waals surface area contributed by atoms with Gasteiger partial charge in [-0.2, -0.15) is 0 Å². The first-order valence-corrected chi connectivity index (χ1v) is 14.1. The minimum Gasteiger partial charge on any atom is -0.497 e. The smallest absolute Gasteiger partial charge is 0.325 e. The predicted octanol–water partition coefficient (Wildman–Crippen LogP) is 5.66. The van der Waals surface area contributed by atoms with Crippen LogP contribution in [0.15, 0.2) is 54.4 Å². The summed E-state index contributed by atoms with van der Waals surface area (Å²) in [5.41, 5.74) is 5.40. The summed E-state index contributed by atoms with van der Waals surface area (Å²) >= 11 is 0. The SMILES string of the molecule is CCN1C(=O)N2Cc3cc(OC)cc(OC)c3C(C)(C)C=C2C12CCN(Cc1cn(C)c3ccccc13)CC2. The molecular weight excluding hydrogens is 488 g/mol. The molecule has 0 atom stereocenters. The average Bonchev–Trinajstić information content (AvgIpc) is 3.29. The molecule has 2 amide bonds. The number of amides is 2. The van der Waals surface area contributed by atoms with E-state index in [4.69, 9.17) is 9.47 Å². The summed E-state index contributed by atoms with van der Waals surface area (Å²) in [7, 11) is 5.51. The first-order chi connectivity index (χ1) is 18.7. The molecule has 0 saturated carbocycles. The highest BCUT2D eigenvalue weighted by molar-refractivity contribution is 5.84. The Kier molecular flexibility index (Phi) is 6.18. The van der Waals surface area contributed by atoms with Crippen molar-refractivity contribution in [2.75, 3.05) is 33.9 Å². The Hall–Kier alpha value is -3.45. The van der Waals surface area contributed by atoms with Gasteiger partial charge in [-0.25, -0.2) is 4.79 Å². The lowest BCUT2D eigenvalue weighted by Gasteiger charge is -2.44. The number of methoxy groups -OCH3 is 2. The van der Waals surface area contributed by atoms with E-state index in [9.17, 15) is 4.79 Å². The van der Waals surface area contributed by atoms with Crippen LogP contribution in [0.1, 0.15) is 50.3 Å². The molecule has 206 valence electrons. The zero-order valence-corrected chi connectivity index (χ0v) is 24.1. The maximum atomic E-state index is 14.0. The highest BCUT2D eigenvalue weighted by atomic mass is 16.5. The van der Waals surface area contributed by atoms with Crippen LogP contribution in [0.3, 0.4) is 0 Å². The zero-order valence-electron chi connectivity index (χ0n) is 24.1. The molecule has 3 aromatic rings. The molecule has 6 rings (SSSR count). The van der Waals surface area contributed by atoms with Crippen molar-refractivity contribution in [1.82, 2.24) is 19.3 Å². The number of para-hydroxylation sites is 1. The fraction of sp³-hybridized carbons (Fsp3) is 0.469. The second-order valence-electron chi connectivity index (χ2n) is 11.8. The van der Waals surface area contributed by atoms with Gasteiger partial charge in [-0.1, -0.05) is 38.1 Å². The summed E-state index contributed by atoms with van der Waals surface area (Å²) in [5.74, 6) is 1.56. The van der Waals surface area contributed by atoms with Crippen LogP contribution in [0.5, 0.6) is 11.5 Å². The number of carbonyl (C=O) groups is 1. The zero-order chi connectivity index (χ0) is 27.5. The van der Waals surface area contributed by atoms with Gasteiger partial charge in [0.2, 0.25) is 0 Å². The molecule has 0 bridgehead atoms. The van der Waals surface area contributed by atoms with E-state index in [0.717, 1.165) is 60.8 Å². The minimum absolute atomic E-state index is 0.108. The Morgan fingerprint density at radius 3 is 2.46 bits per heavy atom. The highest BCUT2D eigenvalue weighted by Gasteiger charge is 2.55. The van der Waals surface area contributed by atoms with E-state index in [2.05, 4.69) is 84.8 Å². The average molecular weight is 529 g/mol. The summed E-state index contributed by atoms with van der Waals surface area (Å²) < 4.78 is 13.7. The van der Waals surface area contributed by atoms with Gasteiger partial charge < -0.3 is 18.9 Å². The van der Waals surface area contributed by atoms with Crippen LogP contribution in [0.2, 0.25) is 0 Å². The second kappa shape index (κ2) is 9.33. The first-order valence-electron chi connectivity index (χ1n) is 14.1. The second-order valence-corrected chi connectivity index (χ2v) is 11.8. The number of nitrogens with zero attached hydrogens (tertiary/aromatic N) is 4. The molecule has 2 saturated heterocycles. The van der Waals surface area contributed by atoms with Crippen molar-refractivity contribution in [1.29, 1.82) is 0 Å². The largest absolute Gasteiger partial charge is 0.497 e. The molecule has 39 heavy (non-hydrogen) atoms. The third kappa shape index (κ3) is 3.93. The number of benzene rings is 2. The third-order valence-corrected chi connectivity index (χ3v) is 9.20. The Labute approximate surface area is 231 Å². The van der Waals surface area contributed by atoms with Gasteiger partial charge in [0.05, 0.1) is 26.3 Å². The predicted molar refractivity (Wildman–Crippen MR) is 154 cm³/mol. The molecule has 1 aromatic heterocycles. The summed E-state index contributed by atoms with van der Waals surface area (Å²) in [6.45, 7) is 10.6. The van der Waals surface area contributed by atoms with E-state index in [1.165, 1.54) is 16.5 Å². The third-order valence-electron chi connectivity index (χ3n) is 9.20. The molecule has 0 N–H and O–H groups in total. The Balaban J connectivity index is 1.34. The Bertz CT molecular complexity index is 1460. The number of hydrogen-bond acceptors (Lipinski definition) is 4. The number of aryl methyl sites for hydroxylation is 1. The molecule has 1 spiro atoms. The van der Waals surface area contributed by atoms with Crippen molar-refractivity contribution in [3.8, 4) is 11.5 Å². The number of allylic oxidation sites excluding steroid dienone is 1. The number of ether oxygens (including phenoxy) is 2. The van der Waals surface area contributed by atoms with Gasteiger partial charge in [0.25, 0.3) is 0 Å². The van der Waals surface area contributed by atoms with Crippen LogP contribution in [-0.2, 0) is 25.6 Å². The molecule has 2 fully saturated rings. The fourth-order valence-corrected chi connectivity index (χ4v) is 7.39. The number of carbonyl (C=O) groups excluding carboxylic acids is 1. The van der Waals surface area contributed by atoms with Gasteiger partial charge in [0.15, 0.2) is 0 Å². The van der Waals surface area contributed by atoms with Crippen LogP contribution < -0.4 is 9.47 Å². The van der Waals surface area contributed by atoms with E-state index in [0.29, 0.717) is 13.1 Å². The van der Waals surface area contributed by atoms with Crippen molar-refractivity contribution < 1.29 is 14.3 Å². The monoisotopic (exact) mass is 528 g/mol. The molecular formula is C32H40N4O3. The van der Waals surface area contributed by atoms with Gasteiger partial charge in [0.1, 0.15) is 11.5 Å². The number of piperidine rings is 1. The van der Waals surface area contributed by atoms with Crippen LogP contribution in [0.4, 0.5) is 4.79 Å². The van der Waals surface area contributed by atoms with Crippen molar-refractivity contribution >= 4 is 16.9 Å². The molecule has 3 aliphatic heterocycles. The number of urea groups is 1. The quantitative estimate of drug-likeness (QED) is 0.429. The first kappa shape index (κ1) is 25.8. The Morgan fingerprint density at radius 1 is 1.03 bits per heavy atom. The van der Waals surface area contributed by atoms with E-state index in [1.54, 1.807) is 14.2 Å². The lowest BCUT2D eigenvalue weighted by molar-refractivity contribution is 0.0887. The van der Waals surface area contributed by atoms with Crippen molar-refractivity contribution in [3.63, 3.8) is 0 Å². The van der Waals surface area contributed by atoms with E-state index >= 15 is 0 Å². The van der Waals surface area contributed by atoms with Crippen molar-refractivity contribution in [3.05, 3.63) is 71.1 Å². The number of fused-ring (bicyclic) bond motifs is 4. The maximum absolute atomic E-state index is 14.0. The van der Waals surface area contributed by atoms with Crippen molar-refractivity contribution in [2.24, 2.45) is 7.05 Å². The molecule has 0 aliphatic carbocycles. The fourth-order valence-electron chi connectivity index (χ4n) is 7.39. The standard InChI is InChI=1S/C32H40N4O3/c1-7-36-30(37)35-21-22-16-24(38-5)17-27(39-6)29(22)31(2,3)18-28(35)32(36)12-14-34(15-13-32)20-23-19-33(4)26-11-9-8-10-25(23)26/h8-11,16-19H,7,12-15,20-21H2,1-6H3. The van der Waals surface area contributed by atoms with Crippen LogP contribution in [0, 0.1) is 0 Å². The van der Waals surface area contributed by atoms with Crippen molar-refractivity contribution in [2.45, 2.75) is 57.7 Å². The van der Waals surface area contributed by atoms with Crippen LogP contribution >= 0.6 is 0 Å². The normalized spacial score (nSPS) is 20.2. The molecule has 7 heteroatoms. The maximum Gasteiger partial charge on any atom is 0.325 e. The van der Waals surface area contributed by atoms with Gasteiger partial charge in [0, 0.05) is 73.1 Å².